The lowest BCUT2D eigenvalue weighted by Crippen LogP contribution is -2.04. The van der Waals surface area contributed by atoms with Crippen LogP contribution < -0.4 is 0 Å². The van der Waals surface area contributed by atoms with Crippen LogP contribution in [0.5, 0.6) is 0 Å². The minimum absolute atomic E-state index is 0.544. The standard InChI is InChI=1S/C17H18ClIN2/c1-10-7-8-13(9-11(10)2)17-20-15(12-5-3-4-6-12)14(19)16(18)21-17/h7-9,12H,3-6H2,1-2H3. The second-order valence-electron chi connectivity index (χ2n) is 5.82. The summed E-state index contributed by atoms with van der Waals surface area (Å²) in [5.41, 5.74) is 4.73. The van der Waals surface area contributed by atoms with Gasteiger partial charge in [0.15, 0.2) is 5.82 Å². The monoisotopic (exact) mass is 412 g/mol. The molecule has 2 nitrogen and oxygen atoms in total. The van der Waals surface area contributed by atoms with Crippen LogP contribution in [0.25, 0.3) is 11.4 Å². The second kappa shape index (κ2) is 6.21. The van der Waals surface area contributed by atoms with E-state index in [1.54, 1.807) is 0 Å². The summed E-state index contributed by atoms with van der Waals surface area (Å²) < 4.78 is 1.02. The number of hydrogen-bond acceptors (Lipinski definition) is 2. The highest BCUT2D eigenvalue weighted by atomic mass is 127. The summed E-state index contributed by atoms with van der Waals surface area (Å²) in [5.74, 6) is 1.30. The van der Waals surface area contributed by atoms with Crippen LogP contribution in [0.2, 0.25) is 5.15 Å². The molecule has 1 aromatic carbocycles. The molecule has 3 rings (SSSR count). The zero-order chi connectivity index (χ0) is 15.0. The molecule has 4 heteroatoms. The predicted molar refractivity (Wildman–Crippen MR) is 95.9 cm³/mol. The highest BCUT2D eigenvalue weighted by molar-refractivity contribution is 14.1. The molecule has 1 saturated carbocycles. The van der Waals surface area contributed by atoms with E-state index >= 15 is 0 Å². The van der Waals surface area contributed by atoms with Crippen molar-refractivity contribution in [1.82, 2.24) is 9.97 Å². The molecule has 110 valence electrons. The molecule has 1 aliphatic carbocycles. The van der Waals surface area contributed by atoms with Gasteiger partial charge in [-0.1, -0.05) is 36.6 Å². The van der Waals surface area contributed by atoms with Gasteiger partial charge in [0.25, 0.3) is 0 Å². The van der Waals surface area contributed by atoms with E-state index in [-0.39, 0.29) is 0 Å². The van der Waals surface area contributed by atoms with Crippen LogP contribution >= 0.6 is 34.2 Å². The third-order valence-electron chi connectivity index (χ3n) is 4.34. The van der Waals surface area contributed by atoms with E-state index in [0.29, 0.717) is 11.1 Å². The first-order valence-corrected chi connectivity index (χ1v) is 8.82. The van der Waals surface area contributed by atoms with E-state index in [2.05, 4.69) is 59.6 Å². The fourth-order valence-electron chi connectivity index (χ4n) is 2.92. The van der Waals surface area contributed by atoms with Crippen molar-refractivity contribution in [3.05, 3.63) is 43.7 Å². The molecule has 1 aromatic heterocycles. The lowest BCUT2D eigenvalue weighted by molar-refractivity contribution is 0.690. The number of rotatable bonds is 2. The van der Waals surface area contributed by atoms with Crippen molar-refractivity contribution in [2.24, 2.45) is 0 Å². The first kappa shape index (κ1) is 15.2. The van der Waals surface area contributed by atoms with Gasteiger partial charge in [0.1, 0.15) is 5.15 Å². The zero-order valence-corrected chi connectivity index (χ0v) is 15.2. The van der Waals surface area contributed by atoms with Crippen LogP contribution in [0, 0.1) is 17.4 Å². The molecule has 0 N–H and O–H groups in total. The summed E-state index contributed by atoms with van der Waals surface area (Å²) in [5, 5.41) is 0.584. The van der Waals surface area contributed by atoms with E-state index in [9.17, 15) is 0 Å². The number of halogens is 2. The first-order valence-electron chi connectivity index (χ1n) is 7.37. The Balaban J connectivity index is 2.08. The van der Waals surface area contributed by atoms with Crippen molar-refractivity contribution in [2.45, 2.75) is 45.4 Å². The molecule has 0 bridgehead atoms. The highest BCUT2D eigenvalue weighted by Crippen LogP contribution is 2.37. The Bertz CT molecular complexity index is 679. The highest BCUT2D eigenvalue weighted by Gasteiger charge is 2.23. The average Bonchev–Trinajstić information content (AvgIpc) is 2.98. The Kier molecular flexibility index (Phi) is 4.50. The maximum atomic E-state index is 6.36. The van der Waals surface area contributed by atoms with E-state index in [0.717, 1.165) is 20.7 Å². The van der Waals surface area contributed by atoms with Crippen LogP contribution in [-0.4, -0.2) is 9.97 Å². The van der Waals surface area contributed by atoms with Crippen molar-refractivity contribution in [2.75, 3.05) is 0 Å². The number of aryl methyl sites for hydroxylation is 2. The third-order valence-corrected chi connectivity index (χ3v) is 6.00. The minimum Gasteiger partial charge on any atom is -0.232 e. The molecule has 0 radical (unpaired) electrons. The second-order valence-corrected chi connectivity index (χ2v) is 7.25. The molecule has 21 heavy (non-hydrogen) atoms. The summed E-state index contributed by atoms with van der Waals surface area (Å²) >= 11 is 8.65. The molecule has 0 saturated heterocycles. The van der Waals surface area contributed by atoms with Gasteiger partial charge in [0, 0.05) is 11.5 Å². The summed E-state index contributed by atoms with van der Waals surface area (Å²) in [6.07, 6.45) is 5.02. The molecule has 0 atom stereocenters. The Labute approximate surface area is 144 Å². The number of aromatic nitrogens is 2. The molecular weight excluding hydrogens is 395 g/mol. The number of benzene rings is 1. The van der Waals surface area contributed by atoms with Gasteiger partial charge in [-0.25, -0.2) is 9.97 Å². The fraction of sp³-hybridized carbons (Fsp3) is 0.412. The lowest BCUT2D eigenvalue weighted by Gasteiger charge is -2.14. The van der Waals surface area contributed by atoms with E-state index in [1.165, 1.54) is 36.8 Å². The molecule has 0 spiro atoms. The Morgan fingerprint density at radius 1 is 1.10 bits per heavy atom. The van der Waals surface area contributed by atoms with Crippen LogP contribution in [0.15, 0.2) is 18.2 Å². The van der Waals surface area contributed by atoms with Gasteiger partial charge < -0.3 is 0 Å². The number of hydrogen-bond donors (Lipinski definition) is 0. The maximum absolute atomic E-state index is 6.36. The molecule has 0 aliphatic heterocycles. The smallest absolute Gasteiger partial charge is 0.161 e. The largest absolute Gasteiger partial charge is 0.232 e. The van der Waals surface area contributed by atoms with E-state index < -0.39 is 0 Å². The average molecular weight is 413 g/mol. The van der Waals surface area contributed by atoms with Crippen molar-refractivity contribution >= 4 is 34.2 Å². The van der Waals surface area contributed by atoms with Gasteiger partial charge in [-0.2, -0.15) is 0 Å². The summed E-state index contributed by atoms with van der Waals surface area (Å²) in [6, 6.07) is 6.35. The van der Waals surface area contributed by atoms with Gasteiger partial charge in [0.2, 0.25) is 0 Å². The van der Waals surface area contributed by atoms with Crippen molar-refractivity contribution in [1.29, 1.82) is 0 Å². The van der Waals surface area contributed by atoms with Gasteiger partial charge in [-0.15, -0.1) is 0 Å². The third kappa shape index (κ3) is 3.09. The van der Waals surface area contributed by atoms with Crippen LogP contribution in [0.3, 0.4) is 0 Å². The molecule has 0 unspecified atom stereocenters. The lowest BCUT2D eigenvalue weighted by atomic mass is 10.0. The van der Waals surface area contributed by atoms with Crippen LogP contribution in [0.4, 0.5) is 0 Å². The van der Waals surface area contributed by atoms with Crippen LogP contribution in [0.1, 0.15) is 48.4 Å². The fourth-order valence-corrected chi connectivity index (χ4v) is 3.77. The number of nitrogens with zero attached hydrogens (tertiary/aromatic N) is 2. The van der Waals surface area contributed by atoms with Crippen LogP contribution in [-0.2, 0) is 0 Å². The SMILES string of the molecule is Cc1ccc(-c2nc(Cl)c(I)c(C3CCCC3)n2)cc1C. The van der Waals surface area contributed by atoms with Crippen molar-refractivity contribution < 1.29 is 0 Å². The zero-order valence-electron chi connectivity index (χ0n) is 12.3. The molecular formula is C17H18ClIN2. The van der Waals surface area contributed by atoms with Gasteiger partial charge in [-0.3, -0.25) is 0 Å². The summed E-state index contributed by atoms with van der Waals surface area (Å²) in [7, 11) is 0. The van der Waals surface area contributed by atoms with Gasteiger partial charge >= 0.3 is 0 Å². The van der Waals surface area contributed by atoms with E-state index in [4.69, 9.17) is 16.6 Å². The maximum Gasteiger partial charge on any atom is 0.161 e. The first-order chi connectivity index (χ1) is 10.1. The Morgan fingerprint density at radius 3 is 2.48 bits per heavy atom. The Morgan fingerprint density at radius 2 is 1.81 bits per heavy atom. The van der Waals surface area contributed by atoms with Crippen molar-refractivity contribution in [3.8, 4) is 11.4 Å². The summed E-state index contributed by atoms with van der Waals surface area (Å²) in [4.78, 5) is 9.35. The van der Waals surface area contributed by atoms with Gasteiger partial charge in [-0.05, 0) is 66.5 Å². The van der Waals surface area contributed by atoms with Crippen molar-refractivity contribution in [3.63, 3.8) is 0 Å². The Hall–Kier alpha value is -0.680. The molecule has 1 heterocycles. The molecule has 1 fully saturated rings. The molecule has 2 aromatic rings. The topological polar surface area (TPSA) is 25.8 Å². The predicted octanol–water partition coefficient (Wildman–Crippen LogP) is 5.68. The normalized spacial score (nSPS) is 15.6. The van der Waals surface area contributed by atoms with Gasteiger partial charge in [0.05, 0.1) is 9.26 Å². The molecule has 1 aliphatic rings. The summed E-state index contributed by atoms with van der Waals surface area (Å²) in [6.45, 7) is 4.23. The quantitative estimate of drug-likeness (QED) is 0.469. The van der Waals surface area contributed by atoms with E-state index in [1.807, 2.05) is 0 Å². The molecule has 0 amide bonds. The minimum atomic E-state index is 0.544.